The minimum atomic E-state index is -2.70. The number of hydrogen-bond acceptors (Lipinski definition) is 4. The van der Waals surface area contributed by atoms with Crippen LogP contribution in [0.2, 0.25) is 5.04 Å². The SMILES string of the molecule is CC(N)c1cc([N+](=O)[O-])ccc1CO[Si](c1ccccc1)(c1ccccc1)C(C)(C)C. The second kappa shape index (κ2) is 9.14. The first-order valence-electron chi connectivity index (χ1n) is 10.4. The van der Waals surface area contributed by atoms with Crippen molar-refractivity contribution >= 4 is 24.4 Å². The molecular formula is C25H30N2O3Si. The van der Waals surface area contributed by atoms with Gasteiger partial charge in [-0.15, -0.1) is 0 Å². The summed E-state index contributed by atoms with van der Waals surface area (Å²) in [5, 5.41) is 13.5. The van der Waals surface area contributed by atoms with E-state index in [4.69, 9.17) is 10.2 Å². The van der Waals surface area contributed by atoms with Gasteiger partial charge in [-0.3, -0.25) is 10.1 Å². The van der Waals surface area contributed by atoms with Crippen LogP contribution in [-0.4, -0.2) is 13.2 Å². The fraction of sp³-hybridized carbons (Fsp3) is 0.280. The molecule has 0 radical (unpaired) electrons. The van der Waals surface area contributed by atoms with Crippen molar-refractivity contribution in [2.45, 2.75) is 45.4 Å². The van der Waals surface area contributed by atoms with E-state index < -0.39 is 13.2 Å². The Bertz CT molecular complexity index is 992. The van der Waals surface area contributed by atoms with Crippen LogP contribution < -0.4 is 16.1 Å². The maximum atomic E-state index is 11.2. The molecule has 0 fully saturated rings. The summed E-state index contributed by atoms with van der Waals surface area (Å²) < 4.78 is 6.96. The lowest BCUT2D eigenvalue weighted by atomic mass is 10.0. The van der Waals surface area contributed by atoms with E-state index in [9.17, 15) is 10.1 Å². The Hall–Kier alpha value is -2.80. The lowest BCUT2D eigenvalue weighted by Gasteiger charge is -2.43. The van der Waals surface area contributed by atoms with Crippen molar-refractivity contribution in [3.63, 3.8) is 0 Å². The molecule has 0 aliphatic rings. The van der Waals surface area contributed by atoms with Crippen LogP contribution in [0.3, 0.4) is 0 Å². The first-order chi connectivity index (χ1) is 14.7. The molecule has 0 aliphatic heterocycles. The second-order valence-electron chi connectivity index (χ2n) is 8.88. The van der Waals surface area contributed by atoms with Gasteiger partial charge < -0.3 is 10.2 Å². The molecule has 0 spiro atoms. The largest absolute Gasteiger partial charge is 0.403 e. The van der Waals surface area contributed by atoms with Crippen LogP contribution in [-0.2, 0) is 11.0 Å². The standard InChI is InChI=1S/C25H30N2O3Si/c1-19(26)24-17-21(27(28)29)16-15-20(24)18-30-31(25(2,3)4,22-11-7-5-8-12-22)23-13-9-6-10-14-23/h5-17,19H,18,26H2,1-4H3. The maximum absolute atomic E-state index is 11.2. The Kier molecular flexibility index (Phi) is 6.74. The molecule has 5 nitrogen and oxygen atoms in total. The first-order valence-corrected chi connectivity index (χ1v) is 12.4. The zero-order valence-corrected chi connectivity index (χ0v) is 19.5. The summed E-state index contributed by atoms with van der Waals surface area (Å²) in [4.78, 5) is 10.9. The number of nitrogens with two attached hydrogens (primary N) is 1. The van der Waals surface area contributed by atoms with Crippen molar-refractivity contribution in [1.29, 1.82) is 0 Å². The highest BCUT2D eigenvalue weighted by Crippen LogP contribution is 2.37. The number of rotatable bonds is 7. The van der Waals surface area contributed by atoms with Crippen molar-refractivity contribution < 1.29 is 9.35 Å². The molecule has 31 heavy (non-hydrogen) atoms. The summed E-state index contributed by atoms with van der Waals surface area (Å²) in [5.74, 6) is 0. The van der Waals surface area contributed by atoms with Crippen molar-refractivity contribution in [3.8, 4) is 0 Å². The summed E-state index contributed by atoms with van der Waals surface area (Å²) in [6.45, 7) is 8.85. The molecule has 0 heterocycles. The van der Waals surface area contributed by atoms with Gasteiger partial charge in [-0.25, -0.2) is 0 Å². The number of nitro benzene ring substituents is 1. The molecule has 1 unspecified atom stereocenters. The molecule has 3 rings (SSSR count). The van der Waals surface area contributed by atoms with Crippen LogP contribution in [0.5, 0.6) is 0 Å². The van der Waals surface area contributed by atoms with Gasteiger partial charge >= 0.3 is 0 Å². The zero-order chi connectivity index (χ0) is 22.6. The van der Waals surface area contributed by atoms with E-state index in [0.29, 0.717) is 6.61 Å². The maximum Gasteiger partial charge on any atom is 0.269 e. The molecule has 0 aliphatic carbocycles. The van der Waals surface area contributed by atoms with Crippen LogP contribution in [0, 0.1) is 10.1 Å². The van der Waals surface area contributed by atoms with Gasteiger partial charge in [-0.2, -0.15) is 0 Å². The van der Waals surface area contributed by atoms with Crippen molar-refractivity contribution in [3.05, 3.63) is 100 Å². The number of non-ortho nitro benzene ring substituents is 1. The van der Waals surface area contributed by atoms with Crippen LogP contribution in [0.4, 0.5) is 5.69 Å². The molecule has 6 heteroatoms. The monoisotopic (exact) mass is 434 g/mol. The van der Waals surface area contributed by atoms with E-state index in [2.05, 4.69) is 45.0 Å². The van der Waals surface area contributed by atoms with E-state index in [0.717, 1.165) is 11.1 Å². The summed E-state index contributed by atoms with van der Waals surface area (Å²) in [5.41, 5.74) is 7.83. The fourth-order valence-corrected chi connectivity index (χ4v) is 8.73. The van der Waals surface area contributed by atoms with Gasteiger partial charge in [0.1, 0.15) is 0 Å². The highest BCUT2D eigenvalue weighted by Gasteiger charge is 2.50. The molecule has 1 atom stereocenters. The Balaban J connectivity index is 2.12. The van der Waals surface area contributed by atoms with E-state index >= 15 is 0 Å². The van der Waals surface area contributed by atoms with Crippen molar-refractivity contribution in [2.75, 3.05) is 0 Å². The predicted octanol–water partition coefficient (Wildman–Crippen LogP) is 4.69. The normalized spacial score (nSPS) is 13.1. The molecule has 2 N–H and O–H groups in total. The molecule has 162 valence electrons. The fourth-order valence-electron chi connectivity index (χ4n) is 4.20. The van der Waals surface area contributed by atoms with Gasteiger partial charge in [0.05, 0.1) is 11.5 Å². The van der Waals surface area contributed by atoms with Crippen LogP contribution >= 0.6 is 0 Å². The van der Waals surface area contributed by atoms with Gasteiger partial charge in [-0.05, 0) is 39.5 Å². The van der Waals surface area contributed by atoms with E-state index in [1.807, 2.05) is 43.3 Å². The van der Waals surface area contributed by atoms with Crippen molar-refractivity contribution in [1.82, 2.24) is 0 Å². The number of hydrogen-bond donors (Lipinski definition) is 1. The molecule has 0 saturated heterocycles. The van der Waals surface area contributed by atoms with Gasteiger partial charge in [0.25, 0.3) is 14.0 Å². The lowest BCUT2D eigenvalue weighted by molar-refractivity contribution is -0.384. The average Bonchev–Trinajstić information content (AvgIpc) is 2.74. The lowest BCUT2D eigenvalue weighted by Crippen LogP contribution is -2.66. The quantitative estimate of drug-likeness (QED) is 0.332. The summed E-state index contributed by atoms with van der Waals surface area (Å²) in [7, 11) is -2.70. The highest BCUT2D eigenvalue weighted by atomic mass is 28.4. The Morgan fingerprint density at radius 2 is 1.48 bits per heavy atom. The zero-order valence-electron chi connectivity index (χ0n) is 18.5. The van der Waals surface area contributed by atoms with Crippen molar-refractivity contribution in [2.24, 2.45) is 5.73 Å². The minimum absolute atomic E-state index is 0.0431. The third-order valence-electron chi connectivity index (χ3n) is 5.69. The molecule has 3 aromatic carbocycles. The molecule has 3 aromatic rings. The number of nitrogens with zero attached hydrogens (tertiary/aromatic N) is 1. The first kappa shape index (κ1) is 22.9. The number of benzene rings is 3. The Labute approximate surface area is 185 Å². The van der Waals surface area contributed by atoms with Crippen LogP contribution in [0.25, 0.3) is 0 Å². The second-order valence-corrected chi connectivity index (χ2v) is 13.2. The van der Waals surface area contributed by atoms with Gasteiger partial charge in [0.2, 0.25) is 0 Å². The Morgan fingerprint density at radius 1 is 0.968 bits per heavy atom. The minimum Gasteiger partial charge on any atom is -0.403 e. The van der Waals surface area contributed by atoms with Gasteiger partial charge in [0.15, 0.2) is 0 Å². The van der Waals surface area contributed by atoms with Crippen LogP contribution in [0.15, 0.2) is 78.9 Å². The smallest absolute Gasteiger partial charge is 0.269 e. The number of nitro groups is 1. The molecule has 0 bridgehead atoms. The third kappa shape index (κ3) is 4.61. The molecular weight excluding hydrogens is 404 g/mol. The van der Waals surface area contributed by atoms with E-state index in [-0.39, 0.29) is 16.8 Å². The van der Waals surface area contributed by atoms with Crippen LogP contribution in [0.1, 0.15) is 44.9 Å². The Morgan fingerprint density at radius 3 is 1.90 bits per heavy atom. The summed E-state index contributed by atoms with van der Waals surface area (Å²) in [6.07, 6.45) is 0. The topological polar surface area (TPSA) is 78.4 Å². The molecule has 0 saturated carbocycles. The van der Waals surface area contributed by atoms with Gasteiger partial charge in [-0.1, -0.05) is 81.4 Å². The third-order valence-corrected chi connectivity index (χ3v) is 10.7. The molecule has 0 amide bonds. The van der Waals surface area contributed by atoms with Gasteiger partial charge in [0, 0.05) is 18.2 Å². The average molecular weight is 435 g/mol. The van der Waals surface area contributed by atoms with E-state index in [1.54, 1.807) is 12.1 Å². The summed E-state index contributed by atoms with van der Waals surface area (Å²) >= 11 is 0. The summed E-state index contributed by atoms with van der Waals surface area (Å²) in [6, 6.07) is 25.3. The highest BCUT2D eigenvalue weighted by molar-refractivity contribution is 6.99. The predicted molar refractivity (Wildman–Crippen MR) is 128 cm³/mol. The molecule has 0 aromatic heterocycles. The van der Waals surface area contributed by atoms with E-state index in [1.165, 1.54) is 16.4 Å².